The summed E-state index contributed by atoms with van der Waals surface area (Å²) in [5.41, 5.74) is 6.57. The normalized spacial score (nSPS) is 13.4. The van der Waals surface area contributed by atoms with Crippen LogP contribution >= 0.6 is 0 Å². The third-order valence-corrected chi connectivity index (χ3v) is 5.42. The summed E-state index contributed by atoms with van der Waals surface area (Å²) in [6, 6.07) is 26.4. The fourth-order valence-electron chi connectivity index (χ4n) is 4.02. The van der Waals surface area contributed by atoms with E-state index in [1.165, 1.54) is 10.9 Å². The lowest BCUT2D eigenvalue weighted by Gasteiger charge is -2.27. The minimum Gasteiger partial charge on any atom is -0.357 e. The Morgan fingerprint density at radius 1 is 0.893 bits per heavy atom. The van der Waals surface area contributed by atoms with Crippen LogP contribution in [-0.2, 0) is 13.0 Å². The van der Waals surface area contributed by atoms with Crippen LogP contribution in [0.15, 0.2) is 78.9 Å². The van der Waals surface area contributed by atoms with Crippen LogP contribution < -0.4 is 5.32 Å². The van der Waals surface area contributed by atoms with E-state index in [9.17, 15) is 4.79 Å². The third kappa shape index (κ3) is 2.93. The molecule has 2 amide bonds. The Hall–Kier alpha value is -3.53. The number of urea groups is 1. The van der Waals surface area contributed by atoms with Crippen LogP contribution in [0.5, 0.6) is 0 Å². The lowest BCUT2D eigenvalue weighted by atomic mass is 10.0. The van der Waals surface area contributed by atoms with Gasteiger partial charge >= 0.3 is 6.03 Å². The van der Waals surface area contributed by atoms with E-state index in [1.54, 1.807) is 0 Å². The topological polar surface area (TPSA) is 48.1 Å². The Kier molecular flexibility index (Phi) is 4.09. The molecule has 138 valence electrons. The first-order valence-corrected chi connectivity index (χ1v) is 9.58. The van der Waals surface area contributed by atoms with E-state index in [4.69, 9.17) is 0 Å². The number of amides is 2. The van der Waals surface area contributed by atoms with E-state index in [1.807, 2.05) is 53.4 Å². The van der Waals surface area contributed by atoms with Crippen LogP contribution in [-0.4, -0.2) is 22.5 Å². The number of hydrogen-bond acceptors (Lipinski definition) is 1. The van der Waals surface area contributed by atoms with Crippen molar-refractivity contribution in [3.8, 4) is 11.1 Å². The maximum Gasteiger partial charge on any atom is 0.322 e. The second-order valence-electron chi connectivity index (χ2n) is 7.14. The monoisotopic (exact) mass is 367 g/mol. The Morgan fingerprint density at radius 2 is 1.64 bits per heavy atom. The molecule has 0 spiro atoms. The molecule has 3 aromatic carbocycles. The third-order valence-electron chi connectivity index (χ3n) is 5.42. The molecule has 0 atom stereocenters. The predicted molar refractivity (Wildman–Crippen MR) is 113 cm³/mol. The molecule has 0 aliphatic carbocycles. The highest BCUT2D eigenvalue weighted by Gasteiger charge is 2.24. The molecule has 0 radical (unpaired) electrons. The van der Waals surface area contributed by atoms with Gasteiger partial charge in [0, 0.05) is 28.7 Å². The van der Waals surface area contributed by atoms with Gasteiger partial charge < -0.3 is 15.2 Å². The minimum absolute atomic E-state index is 0.0623. The molecule has 0 unspecified atom stereocenters. The van der Waals surface area contributed by atoms with Crippen molar-refractivity contribution in [2.75, 3.05) is 11.9 Å². The number of rotatable bonds is 2. The quantitative estimate of drug-likeness (QED) is 0.488. The molecule has 28 heavy (non-hydrogen) atoms. The summed E-state index contributed by atoms with van der Waals surface area (Å²) in [7, 11) is 0. The molecule has 2 N–H and O–H groups in total. The summed E-state index contributed by atoms with van der Waals surface area (Å²) in [6.45, 7) is 1.32. The summed E-state index contributed by atoms with van der Waals surface area (Å²) in [4.78, 5) is 18.3. The number of benzene rings is 3. The van der Waals surface area contributed by atoms with Gasteiger partial charge in [0.1, 0.15) is 0 Å². The SMILES string of the molecule is O=C(Nc1ccccc1-c1ccccc1)N1CCc2c([nH]c3ccccc23)C1. The largest absolute Gasteiger partial charge is 0.357 e. The molecule has 0 saturated carbocycles. The van der Waals surface area contributed by atoms with Gasteiger partial charge in [-0.1, -0.05) is 66.7 Å². The van der Waals surface area contributed by atoms with Crippen molar-refractivity contribution in [1.29, 1.82) is 0 Å². The van der Waals surface area contributed by atoms with E-state index in [-0.39, 0.29) is 6.03 Å². The van der Waals surface area contributed by atoms with Gasteiger partial charge in [0.15, 0.2) is 0 Å². The number of hydrogen-bond donors (Lipinski definition) is 2. The van der Waals surface area contributed by atoms with Crippen LogP contribution in [0.1, 0.15) is 11.3 Å². The van der Waals surface area contributed by atoms with E-state index >= 15 is 0 Å². The van der Waals surface area contributed by atoms with Crippen LogP contribution in [0.4, 0.5) is 10.5 Å². The molecule has 1 aliphatic heterocycles. The standard InChI is InChI=1S/C24H21N3O/c28-24(26-21-12-6-4-10-18(21)17-8-2-1-3-9-17)27-15-14-20-19-11-5-7-13-22(19)25-23(20)16-27/h1-13,25H,14-16H2,(H,26,28). The van der Waals surface area contributed by atoms with Gasteiger partial charge in [-0.2, -0.15) is 0 Å². The van der Waals surface area contributed by atoms with E-state index in [0.717, 1.165) is 34.4 Å². The average Bonchev–Trinajstić information content (AvgIpc) is 3.12. The van der Waals surface area contributed by atoms with E-state index in [2.05, 4.69) is 40.6 Å². The minimum atomic E-state index is -0.0623. The van der Waals surface area contributed by atoms with Crippen LogP contribution in [0.25, 0.3) is 22.0 Å². The molecule has 0 fully saturated rings. The summed E-state index contributed by atoms with van der Waals surface area (Å²) >= 11 is 0. The van der Waals surface area contributed by atoms with Crippen molar-refractivity contribution in [3.63, 3.8) is 0 Å². The number of para-hydroxylation sites is 2. The molecule has 2 heterocycles. The number of nitrogens with one attached hydrogen (secondary N) is 2. The molecule has 0 saturated heterocycles. The average molecular weight is 367 g/mol. The summed E-state index contributed by atoms with van der Waals surface area (Å²) in [5, 5.41) is 4.39. The predicted octanol–water partition coefficient (Wildman–Crippen LogP) is 5.43. The van der Waals surface area contributed by atoms with Gasteiger partial charge in [-0.15, -0.1) is 0 Å². The van der Waals surface area contributed by atoms with Gasteiger partial charge in [0.25, 0.3) is 0 Å². The lowest BCUT2D eigenvalue weighted by Crippen LogP contribution is -2.38. The Labute approximate surface area is 163 Å². The van der Waals surface area contributed by atoms with Crippen LogP contribution in [0, 0.1) is 0 Å². The zero-order chi connectivity index (χ0) is 18.9. The number of H-pyrrole nitrogens is 1. The van der Waals surface area contributed by atoms with Gasteiger partial charge in [0.2, 0.25) is 0 Å². The van der Waals surface area contributed by atoms with Gasteiger partial charge in [-0.25, -0.2) is 4.79 Å². The van der Waals surface area contributed by atoms with Crippen molar-refractivity contribution in [2.45, 2.75) is 13.0 Å². The highest BCUT2D eigenvalue weighted by molar-refractivity contribution is 5.95. The van der Waals surface area contributed by atoms with Crippen molar-refractivity contribution >= 4 is 22.6 Å². The Balaban J connectivity index is 1.39. The van der Waals surface area contributed by atoms with Crippen molar-refractivity contribution in [2.24, 2.45) is 0 Å². The molecule has 4 aromatic rings. The van der Waals surface area contributed by atoms with Gasteiger partial charge in [0.05, 0.1) is 12.2 Å². The van der Waals surface area contributed by atoms with Crippen LogP contribution in [0.3, 0.4) is 0 Å². The number of aromatic amines is 1. The first-order chi connectivity index (χ1) is 13.8. The highest BCUT2D eigenvalue weighted by Crippen LogP contribution is 2.30. The molecular formula is C24H21N3O. The molecule has 4 nitrogen and oxygen atoms in total. The number of anilines is 1. The zero-order valence-electron chi connectivity index (χ0n) is 15.5. The summed E-state index contributed by atoms with van der Waals surface area (Å²) in [5.74, 6) is 0. The lowest BCUT2D eigenvalue weighted by molar-refractivity contribution is 0.206. The van der Waals surface area contributed by atoms with Crippen molar-refractivity contribution < 1.29 is 4.79 Å². The molecule has 0 bridgehead atoms. The van der Waals surface area contributed by atoms with Crippen molar-refractivity contribution in [3.05, 3.63) is 90.1 Å². The molecule has 5 rings (SSSR count). The number of fused-ring (bicyclic) bond motifs is 3. The fourth-order valence-corrected chi connectivity index (χ4v) is 4.02. The van der Waals surface area contributed by atoms with Crippen molar-refractivity contribution in [1.82, 2.24) is 9.88 Å². The smallest absolute Gasteiger partial charge is 0.322 e. The maximum absolute atomic E-state index is 13.0. The Bertz CT molecular complexity index is 1150. The maximum atomic E-state index is 13.0. The van der Waals surface area contributed by atoms with Gasteiger partial charge in [-0.3, -0.25) is 0 Å². The number of nitrogens with zero attached hydrogens (tertiary/aromatic N) is 1. The van der Waals surface area contributed by atoms with Gasteiger partial charge in [-0.05, 0) is 29.7 Å². The summed E-state index contributed by atoms with van der Waals surface area (Å²) < 4.78 is 0. The zero-order valence-corrected chi connectivity index (χ0v) is 15.5. The number of aromatic nitrogens is 1. The van der Waals surface area contributed by atoms with E-state index < -0.39 is 0 Å². The second kappa shape index (κ2) is 6.89. The van der Waals surface area contributed by atoms with E-state index in [0.29, 0.717) is 13.1 Å². The fraction of sp³-hybridized carbons (Fsp3) is 0.125. The van der Waals surface area contributed by atoms with Crippen LogP contribution in [0.2, 0.25) is 0 Å². The second-order valence-corrected chi connectivity index (χ2v) is 7.14. The summed E-state index contributed by atoms with van der Waals surface area (Å²) in [6.07, 6.45) is 0.868. The molecule has 1 aliphatic rings. The number of carbonyl (C=O) groups excluding carboxylic acids is 1. The first kappa shape index (κ1) is 16.6. The molecule has 4 heteroatoms. The highest BCUT2D eigenvalue weighted by atomic mass is 16.2. The molecule has 1 aromatic heterocycles. The molecular weight excluding hydrogens is 346 g/mol. The first-order valence-electron chi connectivity index (χ1n) is 9.58. The number of carbonyl (C=O) groups is 1. The Morgan fingerprint density at radius 3 is 2.54 bits per heavy atom.